The van der Waals surface area contributed by atoms with E-state index in [4.69, 9.17) is 5.73 Å². The van der Waals surface area contributed by atoms with Crippen LogP contribution in [0.1, 0.15) is 20.7 Å². The summed E-state index contributed by atoms with van der Waals surface area (Å²) in [4.78, 5) is 26.7. The Morgan fingerprint density at radius 2 is 1.79 bits per heavy atom. The quantitative estimate of drug-likeness (QED) is 0.773. The number of hydrogen-bond acceptors (Lipinski definition) is 6. The molecule has 2 aromatic rings. The molecular formula is C13H9F2N3O5S. The molecule has 2 rings (SSSR count). The van der Waals surface area contributed by atoms with Crippen LogP contribution >= 0.6 is 0 Å². The number of nitrogens with zero attached hydrogens (tertiary/aromatic N) is 1. The molecule has 0 aliphatic carbocycles. The van der Waals surface area contributed by atoms with Gasteiger partial charge in [-0.15, -0.1) is 0 Å². The van der Waals surface area contributed by atoms with E-state index >= 15 is 0 Å². The molecule has 0 spiro atoms. The third kappa shape index (κ3) is 4.71. The van der Waals surface area contributed by atoms with Crippen LogP contribution in [-0.4, -0.2) is 25.2 Å². The highest BCUT2D eigenvalue weighted by Crippen LogP contribution is 2.19. The van der Waals surface area contributed by atoms with Gasteiger partial charge in [0.2, 0.25) is 5.91 Å². The molecule has 126 valence electrons. The average Bonchev–Trinajstić information content (AvgIpc) is 2.45. The summed E-state index contributed by atoms with van der Waals surface area (Å²) in [6.07, 6.45) is 2.02. The Morgan fingerprint density at radius 1 is 1.12 bits per heavy atom. The normalized spacial score (nSPS) is 10.9. The van der Waals surface area contributed by atoms with E-state index in [1.807, 2.05) is 0 Å². The molecule has 3 N–H and O–H groups in total. The highest BCUT2D eigenvalue weighted by atomic mass is 32.3. The SMILES string of the molecule is NC(=O)c1cc(F)cc(C(=O)Nc2cncc(OS(=O)(=O)F)c2)c1. The zero-order chi connectivity index (χ0) is 17.9. The van der Waals surface area contributed by atoms with Gasteiger partial charge in [-0.2, -0.15) is 8.42 Å². The van der Waals surface area contributed by atoms with Gasteiger partial charge in [-0.05, 0) is 18.2 Å². The third-order valence-electron chi connectivity index (χ3n) is 2.61. The first kappa shape index (κ1) is 17.3. The molecular weight excluding hydrogens is 348 g/mol. The lowest BCUT2D eigenvalue weighted by atomic mass is 10.1. The van der Waals surface area contributed by atoms with Crippen molar-refractivity contribution in [1.82, 2.24) is 4.98 Å². The van der Waals surface area contributed by atoms with Crippen molar-refractivity contribution in [3.8, 4) is 5.75 Å². The fourth-order valence-electron chi connectivity index (χ4n) is 1.71. The molecule has 0 atom stereocenters. The van der Waals surface area contributed by atoms with E-state index in [9.17, 15) is 26.3 Å². The Morgan fingerprint density at radius 3 is 2.42 bits per heavy atom. The summed E-state index contributed by atoms with van der Waals surface area (Å²) in [5.74, 6) is -3.09. The number of hydrogen-bond donors (Lipinski definition) is 2. The van der Waals surface area contributed by atoms with Crippen LogP contribution in [0.25, 0.3) is 0 Å². The van der Waals surface area contributed by atoms with Crippen LogP contribution in [0.5, 0.6) is 5.75 Å². The van der Waals surface area contributed by atoms with Gasteiger partial charge in [0.25, 0.3) is 5.91 Å². The number of benzene rings is 1. The fraction of sp³-hybridized carbons (Fsp3) is 0. The lowest BCUT2D eigenvalue weighted by molar-refractivity contribution is 0.0999. The van der Waals surface area contributed by atoms with Crippen molar-refractivity contribution in [2.75, 3.05) is 5.32 Å². The molecule has 11 heteroatoms. The van der Waals surface area contributed by atoms with Gasteiger partial charge in [-0.1, -0.05) is 3.89 Å². The monoisotopic (exact) mass is 357 g/mol. The Labute approximate surface area is 134 Å². The van der Waals surface area contributed by atoms with E-state index < -0.39 is 33.9 Å². The first-order chi connectivity index (χ1) is 11.1. The Bertz CT molecular complexity index is 918. The van der Waals surface area contributed by atoms with Gasteiger partial charge in [0, 0.05) is 17.2 Å². The summed E-state index contributed by atoms with van der Waals surface area (Å²) in [7, 11) is -5.25. The predicted molar refractivity (Wildman–Crippen MR) is 77.8 cm³/mol. The largest absolute Gasteiger partial charge is 0.488 e. The molecule has 1 heterocycles. The minimum atomic E-state index is -5.25. The molecule has 0 fully saturated rings. The van der Waals surface area contributed by atoms with Crippen LogP contribution < -0.4 is 15.2 Å². The summed E-state index contributed by atoms with van der Waals surface area (Å²) in [6.45, 7) is 0. The Hall–Kier alpha value is -3.08. The molecule has 0 saturated carbocycles. The maximum absolute atomic E-state index is 13.4. The molecule has 8 nitrogen and oxygen atoms in total. The summed E-state index contributed by atoms with van der Waals surface area (Å²) in [5, 5.41) is 2.26. The van der Waals surface area contributed by atoms with Crippen molar-refractivity contribution >= 4 is 28.0 Å². The zero-order valence-electron chi connectivity index (χ0n) is 11.7. The molecule has 0 bridgehead atoms. The fourth-order valence-corrected chi connectivity index (χ4v) is 2.03. The van der Waals surface area contributed by atoms with E-state index in [1.54, 1.807) is 0 Å². The topological polar surface area (TPSA) is 128 Å². The maximum atomic E-state index is 13.4. The summed E-state index contributed by atoms with van der Waals surface area (Å²) in [5.41, 5.74) is 4.55. The zero-order valence-corrected chi connectivity index (χ0v) is 12.5. The van der Waals surface area contributed by atoms with Gasteiger partial charge in [-0.25, -0.2) is 4.39 Å². The first-order valence-corrected chi connectivity index (χ1v) is 7.46. The number of aromatic nitrogens is 1. The summed E-state index contributed by atoms with van der Waals surface area (Å²) >= 11 is 0. The molecule has 24 heavy (non-hydrogen) atoms. The minimum absolute atomic E-state index is 0.0500. The third-order valence-corrected chi connectivity index (χ3v) is 3.00. The van der Waals surface area contributed by atoms with Crippen molar-refractivity contribution in [3.63, 3.8) is 0 Å². The van der Waals surface area contributed by atoms with Gasteiger partial charge in [0.15, 0.2) is 5.75 Å². The van der Waals surface area contributed by atoms with Crippen molar-refractivity contribution < 1.29 is 30.5 Å². The van der Waals surface area contributed by atoms with Crippen molar-refractivity contribution in [2.45, 2.75) is 0 Å². The molecule has 0 radical (unpaired) electrons. The van der Waals surface area contributed by atoms with Crippen LogP contribution in [0, 0.1) is 5.82 Å². The maximum Gasteiger partial charge on any atom is 0.488 e. The number of nitrogens with two attached hydrogens (primary N) is 1. The molecule has 0 unspecified atom stereocenters. The van der Waals surface area contributed by atoms with Crippen LogP contribution in [0.4, 0.5) is 14.0 Å². The average molecular weight is 357 g/mol. The summed E-state index contributed by atoms with van der Waals surface area (Å²) < 4.78 is 50.6. The first-order valence-electron chi connectivity index (χ1n) is 6.15. The highest BCUT2D eigenvalue weighted by molar-refractivity contribution is 7.81. The lowest BCUT2D eigenvalue weighted by Gasteiger charge is -2.07. The van der Waals surface area contributed by atoms with Crippen molar-refractivity contribution in [3.05, 3.63) is 53.6 Å². The number of nitrogens with one attached hydrogen (secondary N) is 1. The number of anilines is 1. The molecule has 0 aliphatic rings. The molecule has 0 aliphatic heterocycles. The van der Waals surface area contributed by atoms with E-state index in [2.05, 4.69) is 14.5 Å². The van der Waals surface area contributed by atoms with Gasteiger partial charge < -0.3 is 15.2 Å². The second-order valence-electron chi connectivity index (χ2n) is 4.43. The van der Waals surface area contributed by atoms with Crippen LogP contribution in [-0.2, 0) is 10.5 Å². The molecule has 2 amide bonds. The predicted octanol–water partition coefficient (Wildman–Crippen LogP) is 1.17. The Kier molecular flexibility index (Phi) is 4.74. The van der Waals surface area contributed by atoms with E-state index in [-0.39, 0.29) is 16.8 Å². The number of rotatable bonds is 5. The number of carbonyl (C=O) groups is 2. The van der Waals surface area contributed by atoms with Gasteiger partial charge in [0.05, 0.1) is 18.1 Å². The number of carbonyl (C=O) groups excluding carboxylic acids is 2. The smallest absolute Gasteiger partial charge is 0.366 e. The van der Waals surface area contributed by atoms with E-state index in [0.29, 0.717) is 0 Å². The van der Waals surface area contributed by atoms with Crippen LogP contribution in [0.2, 0.25) is 0 Å². The van der Waals surface area contributed by atoms with Crippen LogP contribution in [0.3, 0.4) is 0 Å². The minimum Gasteiger partial charge on any atom is -0.366 e. The number of primary amides is 1. The number of halogens is 2. The molecule has 1 aromatic carbocycles. The Balaban J connectivity index is 2.24. The van der Waals surface area contributed by atoms with Crippen molar-refractivity contribution in [2.24, 2.45) is 5.73 Å². The van der Waals surface area contributed by atoms with Gasteiger partial charge in [-0.3, -0.25) is 14.6 Å². The highest BCUT2D eigenvalue weighted by Gasteiger charge is 2.14. The lowest BCUT2D eigenvalue weighted by Crippen LogP contribution is -2.16. The number of amides is 2. The van der Waals surface area contributed by atoms with Gasteiger partial charge >= 0.3 is 10.5 Å². The van der Waals surface area contributed by atoms with E-state index in [0.717, 1.165) is 36.7 Å². The van der Waals surface area contributed by atoms with E-state index in [1.165, 1.54) is 0 Å². The standard InChI is InChI=1S/C13H9F2N3O5S/c14-9-2-7(12(16)19)1-8(3-9)13(20)18-10-4-11(6-17-5-10)23-24(15,21)22/h1-6H,(H2,16,19)(H,18,20). The van der Waals surface area contributed by atoms with Gasteiger partial charge in [0.1, 0.15) is 5.82 Å². The second kappa shape index (κ2) is 6.58. The number of pyridine rings is 1. The van der Waals surface area contributed by atoms with Crippen LogP contribution in [0.15, 0.2) is 36.7 Å². The van der Waals surface area contributed by atoms with Crippen molar-refractivity contribution in [1.29, 1.82) is 0 Å². The molecule has 0 saturated heterocycles. The molecule has 1 aromatic heterocycles. The summed E-state index contributed by atoms with van der Waals surface area (Å²) in [6, 6.07) is 3.78. The second-order valence-corrected chi connectivity index (χ2v) is 5.39.